The number of imidazole rings is 1. The predicted molar refractivity (Wildman–Crippen MR) is 172 cm³/mol. The fraction of sp³-hybridized carbons (Fsp3) is 0.212. The minimum absolute atomic E-state index is 0.141. The molecule has 1 amide bonds. The van der Waals surface area contributed by atoms with E-state index in [-0.39, 0.29) is 12.4 Å². The third-order valence-electron chi connectivity index (χ3n) is 7.05. The maximum Gasteiger partial charge on any atom is 0.491 e. The Kier molecular flexibility index (Phi) is 10.6. The molecular formula is C33H30F3N7O6. The average molecular weight is 678 g/mol. The van der Waals surface area contributed by atoms with Crippen molar-refractivity contribution in [3.63, 3.8) is 0 Å². The van der Waals surface area contributed by atoms with E-state index in [9.17, 15) is 32.3 Å². The molecule has 0 bridgehead atoms. The molecule has 49 heavy (non-hydrogen) atoms. The molecule has 0 saturated carbocycles. The summed E-state index contributed by atoms with van der Waals surface area (Å²) >= 11 is 0. The highest BCUT2D eigenvalue weighted by atomic mass is 19.4. The molecule has 13 nitrogen and oxygen atoms in total. The number of halogens is 3. The van der Waals surface area contributed by atoms with Crippen LogP contribution in [0.2, 0.25) is 0 Å². The van der Waals surface area contributed by atoms with Crippen LogP contribution in [0.1, 0.15) is 23.1 Å². The van der Waals surface area contributed by atoms with E-state index in [1.54, 1.807) is 37.3 Å². The van der Waals surface area contributed by atoms with Crippen molar-refractivity contribution in [3.05, 3.63) is 112 Å². The molecule has 0 aliphatic carbocycles. The number of nitrogens with one attached hydrogen (secondary N) is 4. The van der Waals surface area contributed by atoms with Gasteiger partial charge < -0.3 is 30.4 Å². The van der Waals surface area contributed by atoms with Crippen molar-refractivity contribution in [3.8, 4) is 0 Å². The molecule has 2 heterocycles. The van der Waals surface area contributed by atoms with Crippen LogP contribution in [0.3, 0.4) is 0 Å². The normalized spacial score (nSPS) is 11.8. The lowest BCUT2D eigenvalue weighted by atomic mass is 10.2. The second-order valence-corrected chi connectivity index (χ2v) is 10.9. The second kappa shape index (κ2) is 15.1. The summed E-state index contributed by atoms with van der Waals surface area (Å²) in [5.41, 5.74) is 3.82. The number of carbonyl (C=O) groups excluding carboxylic acids is 3. The van der Waals surface area contributed by atoms with E-state index in [0.717, 1.165) is 26.9 Å². The summed E-state index contributed by atoms with van der Waals surface area (Å²) in [6.07, 6.45) is -5.88. The lowest BCUT2D eigenvalue weighted by Gasteiger charge is -2.20. The molecule has 4 N–H and O–H groups in total. The molecule has 0 radical (unpaired) electrons. The number of esters is 2. The third-order valence-corrected chi connectivity index (χ3v) is 7.05. The van der Waals surface area contributed by atoms with E-state index < -0.39 is 48.9 Å². The first-order chi connectivity index (χ1) is 23.4. The molecule has 0 spiro atoms. The topological polar surface area (TPSA) is 169 Å². The number of nitrogens with zero attached hydrogens (tertiary/aromatic N) is 3. The number of fused-ring (bicyclic) bond motifs is 1. The summed E-state index contributed by atoms with van der Waals surface area (Å²) in [6.45, 7) is 1.44. The van der Waals surface area contributed by atoms with E-state index in [4.69, 9.17) is 4.74 Å². The fourth-order valence-corrected chi connectivity index (χ4v) is 4.68. The van der Waals surface area contributed by atoms with Crippen molar-refractivity contribution in [2.75, 3.05) is 10.6 Å². The van der Waals surface area contributed by atoms with E-state index in [1.807, 2.05) is 48.5 Å². The fourth-order valence-electron chi connectivity index (χ4n) is 4.68. The molecule has 16 heteroatoms. The Hall–Kier alpha value is -6.19. The van der Waals surface area contributed by atoms with Crippen molar-refractivity contribution in [2.45, 2.75) is 45.3 Å². The molecule has 2 aromatic heterocycles. The smallest absolute Gasteiger partial charge is 0.445 e. The van der Waals surface area contributed by atoms with Crippen LogP contribution in [0.25, 0.3) is 11.0 Å². The maximum absolute atomic E-state index is 12.9. The van der Waals surface area contributed by atoms with E-state index in [0.29, 0.717) is 23.6 Å². The lowest BCUT2D eigenvalue weighted by molar-refractivity contribution is -0.202. The van der Waals surface area contributed by atoms with Crippen LogP contribution in [-0.2, 0) is 38.8 Å². The van der Waals surface area contributed by atoms with Crippen LogP contribution < -0.4 is 21.6 Å². The lowest BCUT2D eigenvalue weighted by Crippen LogP contribution is -2.43. The highest BCUT2D eigenvalue weighted by Gasteiger charge is 2.42. The number of anilines is 3. The summed E-state index contributed by atoms with van der Waals surface area (Å²) in [7, 11) is 0. The molecule has 5 rings (SSSR count). The maximum atomic E-state index is 12.9. The summed E-state index contributed by atoms with van der Waals surface area (Å²) in [6, 6.07) is 22.5. The zero-order valence-corrected chi connectivity index (χ0v) is 25.9. The molecule has 0 fully saturated rings. The number of rotatable bonds is 12. The molecule has 254 valence electrons. The number of alkyl carbamates (subject to hydrolysis) is 1. The molecule has 5 aromatic rings. The van der Waals surface area contributed by atoms with Crippen molar-refractivity contribution in [2.24, 2.45) is 0 Å². The largest absolute Gasteiger partial charge is 0.491 e. The summed E-state index contributed by atoms with van der Waals surface area (Å²) in [5.74, 6) is -3.40. The number of carbonyl (C=O) groups is 3. The number of amides is 1. The van der Waals surface area contributed by atoms with E-state index >= 15 is 0 Å². The van der Waals surface area contributed by atoms with E-state index in [1.165, 1.54) is 6.20 Å². The first-order valence-electron chi connectivity index (χ1n) is 14.8. The minimum atomic E-state index is -5.40. The van der Waals surface area contributed by atoms with Gasteiger partial charge in [-0.1, -0.05) is 54.6 Å². The zero-order chi connectivity index (χ0) is 35.0. The summed E-state index contributed by atoms with van der Waals surface area (Å²) in [5, 5.41) is 8.66. The van der Waals surface area contributed by atoms with Crippen LogP contribution in [0.4, 0.5) is 35.4 Å². The van der Waals surface area contributed by atoms with Crippen molar-refractivity contribution in [1.29, 1.82) is 0 Å². The second-order valence-electron chi connectivity index (χ2n) is 10.9. The zero-order valence-electron chi connectivity index (χ0n) is 25.9. The Morgan fingerprint density at radius 1 is 0.939 bits per heavy atom. The van der Waals surface area contributed by atoms with Crippen LogP contribution in [0.15, 0.2) is 89.9 Å². The number of benzene rings is 3. The van der Waals surface area contributed by atoms with Gasteiger partial charge in [0.15, 0.2) is 0 Å². The number of hydrogen-bond acceptors (Lipinski definition) is 10. The Labute approximate surface area is 276 Å². The molecule has 1 unspecified atom stereocenters. The molecule has 0 saturated heterocycles. The van der Waals surface area contributed by atoms with Crippen molar-refractivity contribution >= 4 is 46.5 Å². The minimum Gasteiger partial charge on any atom is -0.445 e. The van der Waals surface area contributed by atoms with Gasteiger partial charge in [0.2, 0.25) is 5.95 Å². The molecule has 1 atom stereocenters. The summed E-state index contributed by atoms with van der Waals surface area (Å²) in [4.78, 5) is 60.5. The quantitative estimate of drug-likeness (QED) is 0.103. The van der Waals surface area contributed by atoms with Crippen LogP contribution in [0, 0.1) is 6.92 Å². The molecule has 3 aromatic carbocycles. The first-order valence-corrected chi connectivity index (χ1v) is 14.8. The number of ether oxygens (including phenoxy) is 2. The Bertz CT molecular complexity index is 1960. The predicted octanol–water partition coefficient (Wildman–Crippen LogP) is 5.10. The van der Waals surface area contributed by atoms with Crippen LogP contribution in [-0.4, -0.2) is 49.8 Å². The molecule has 0 aliphatic heterocycles. The number of para-hydroxylation sites is 2. The number of aromatic nitrogens is 4. The van der Waals surface area contributed by atoms with Gasteiger partial charge in [-0.05, 0) is 42.3 Å². The van der Waals surface area contributed by atoms with Gasteiger partial charge in [-0.3, -0.25) is 9.36 Å². The number of H-pyrrole nitrogens is 1. The van der Waals surface area contributed by atoms with E-state index in [2.05, 4.69) is 35.6 Å². The number of hydrogen-bond donors (Lipinski definition) is 4. The highest BCUT2D eigenvalue weighted by molar-refractivity contribution is 5.88. The van der Waals surface area contributed by atoms with Gasteiger partial charge in [0.25, 0.3) is 0 Å². The van der Waals surface area contributed by atoms with Gasteiger partial charge >= 0.3 is 29.9 Å². The van der Waals surface area contributed by atoms with Crippen molar-refractivity contribution in [1.82, 2.24) is 24.8 Å². The van der Waals surface area contributed by atoms with Gasteiger partial charge in [0.05, 0.1) is 23.5 Å². The van der Waals surface area contributed by atoms with Gasteiger partial charge in [0.1, 0.15) is 12.4 Å². The highest BCUT2D eigenvalue weighted by Crippen LogP contribution is 2.20. The average Bonchev–Trinajstić information content (AvgIpc) is 3.47. The Morgan fingerprint density at radius 2 is 1.65 bits per heavy atom. The Balaban J connectivity index is 1.21. The Morgan fingerprint density at radius 3 is 2.37 bits per heavy atom. The number of alkyl halides is 3. The van der Waals surface area contributed by atoms with Crippen LogP contribution >= 0.6 is 0 Å². The van der Waals surface area contributed by atoms with Crippen molar-refractivity contribution < 1.29 is 37.0 Å². The molecular weight excluding hydrogens is 647 g/mol. The molecule has 0 aliphatic rings. The standard InChI is InChI=1S/C33H30F3N7O6/c1-20-17-43(18-24(15-27(44)49-29(45)33(34,35)36)39-32(47)48-19-22-7-3-2-4-8-22)31(46)42-28(20)37-16-21-11-13-23(14-12-21)38-30-40-25-9-5-6-10-26(25)41-30/h2-14,17,24H,15-16,18-19H2,1H3,(H,39,47)(H,37,42,46)(H2,38,40,41). The monoisotopic (exact) mass is 677 g/mol. The van der Waals surface area contributed by atoms with Crippen LogP contribution in [0.5, 0.6) is 0 Å². The van der Waals surface area contributed by atoms with Gasteiger partial charge in [-0.25, -0.2) is 19.4 Å². The SMILES string of the molecule is Cc1cn(CC(CC(=O)OC(=O)C(F)(F)F)NC(=O)OCc2ccccc2)c(=O)nc1NCc1ccc(Nc2nc3ccccc3[nH]2)cc1. The third kappa shape index (κ3) is 9.66. The number of aromatic amines is 1. The summed E-state index contributed by atoms with van der Waals surface area (Å²) < 4.78 is 47.9. The van der Waals surface area contributed by atoms with Gasteiger partial charge in [-0.2, -0.15) is 18.2 Å². The van der Waals surface area contributed by atoms with Gasteiger partial charge in [-0.15, -0.1) is 0 Å². The van der Waals surface area contributed by atoms with Gasteiger partial charge in [0, 0.05) is 30.5 Å². The number of aryl methyl sites for hydroxylation is 1. The first kappa shape index (κ1) is 34.2.